The fourth-order valence-corrected chi connectivity index (χ4v) is 14.0. The van der Waals surface area contributed by atoms with E-state index in [4.69, 9.17) is 19.9 Å². The largest absolute Gasteiger partial charge is 0.314 e. The zero-order valence-electron chi connectivity index (χ0n) is 51.5. The zero-order valence-corrected chi connectivity index (χ0v) is 51.5. The Morgan fingerprint density at radius 1 is 0.309 bits per heavy atom. The molecule has 17 rings (SSSR count). The van der Waals surface area contributed by atoms with Crippen LogP contribution in [0.4, 0.5) is 57.3 Å². The van der Waals surface area contributed by atoms with Gasteiger partial charge >= 0.3 is 0 Å². The van der Waals surface area contributed by atoms with Gasteiger partial charge in [0.25, 0.3) is 0 Å². The second-order valence-electron chi connectivity index (χ2n) is 24.2. The molecule has 3 aromatic heterocycles. The van der Waals surface area contributed by atoms with Gasteiger partial charge in [0, 0.05) is 98.3 Å². The van der Waals surface area contributed by atoms with E-state index in [1.807, 2.05) is 18.6 Å². The van der Waals surface area contributed by atoms with Crippen LogP contribution in [0.15, 0.2) is 351 Å². The Kier molecular flexibility index (Phi) is 14.3. The highest BCUT2D eigenvalue weighted by Crippen LogP contribution is 2.50. The molecule has 2 unspecified atom stereocenters. The zero-order chi connectivity index (χ0) is 62.3. The van der Waals surface area contributed by atoms with Gasteiger partial charge in [-0.25, -0.2) is 19.9 Å². The van der Waals surface area contributed by atoms with Gasteiger partial charge in [-0.1, -0.05) is 200 Å². The van der Waals surface area contributed by atoms with E-state index in [1.54, 1.807) is 0 Å². The Hall–Kier alpha value is -12.3. The number of anilines is 10. The average molecular weight is 1210 g/mol. The predicted octanol–water partition coefficient (Wildman–Crippen LogP) is 22.6. The van der Waals surface area contributed by atoms with Crippen molar-refractivity contribution in [2.45, 2.75) is 12.8 Å². The molecule has 11 aromatic carbocycles. The van der Waals surface area contributed by atoms with Crippen molar-refractivity contribution in [1.82, 2.24) is 15.0 Å². The van der Waals surface area contributed by atoms with E-state index in [0.29, 0.717) is 0 Å². The van der Waals surface area contributed by atoms with Gasteiger partial charge in [-0.05, 0) is 188 Å². The first-order chi connectivity index (χ1) is 46.6. The quantitative estimate of drug-likeness (QED) is 0.101. The third-order valence-corrected chi connectivity index (χ3v) is 18.5. The summed E-state index contributed by atoms with van der Waals surface area (Å²) in [6.45, 7) is 0. The summed E-state index contributed by atoms with van der Waals surface area (Å²) in [4.78, 5) is 30.3. The summed E-state index contributed by atoms with van der Waals surface area (Å²) in [5.41, 5.74) is 13.1. The molecular formula is C86H62N8. The van der Waals surface area contributed by atoms with Crippen LogP contribution in [0, 0.1) is 11.8 Å². The summed E-state index contributed by atoms with van der Waals surface area (Å²) >= 11 is 0. The highest BCUT2D eigenvalue weighted by Gasteiger charge is 2.29. The molecule has 0 radical (unpaired) electrons. The third kappa shape index (κ3) is 10.4. The highest BCUT2D eigenvalue weighted by atomic mass is 15.3. The number of benzene rings is 11. The summed E-state index contributed by atoms with van der Waals surface area (Å²) < 4.78 is 0. The van der Waals surface area contributed by atoms with E-state index < -0.39 is 0 Å². The molecule has 4 heterocycles. The minimum atomic E-state index is 0.137. The van der Waals surface area contributed by atoms with Gasteiger partial charge in [-0.15, -0.1) is 0 Å². The maximum absolute atomic E-state index is 5.30. The Bertz CT molecular complexity index is 5250. The monoisotopic (exact) mass is 1210 g/mol. The molecule has 0 fully saturated rings. The first-order valence-corrected chi connectivity index (χ1v) is 32.2. The van der Waals surface area contributed by atoms with Gasteiger partial charge in [0.1, 0.15) is 23.3 Å². The van der Waals surface area contributed by atoms with Crippen LogP contribution in [-0.4, -0.2) is 21.2 Å². The molecule has 0 saturated carbocycles. The van der Waals surface area contributed by atoms with E-state index in [0.717, 1.165) is 141 Å². The molecular weight excluding hydrogens is 1150 g/mol. The lowest BCUT2D eigenvalue weighted by Gasteiger charge is -2.31. The van der Waals surface area contributed by atoms with Crippen molar-refractivity contribution in [1.29, 1.82) is 0 Å². The molecule has 1 aliphatic heterocycles. The molecule has 0 spiro atoms. The molecule has 2 atom stereocenters. The van der Waals surface area contributed by atoms with Crippen LogP contribution in [0.5, 0.6) is 0 Å². The number of pyridine rings is 3. The van der Waals surface area contributed by atoms with Crippen LogP contribution < -0.4 is 19.6 Å². The first-order valence-electron chi connectivity index (χ1n) is 32.2. The lowest BCUT2D eigenvalue weighted by molar-refractivity contribution is 0.691. The van der Waals surface area contributed by atoms with Gasteiger partial charge in [0.05, 0.1) is 0 Å². The lowest BCUT2D eigenvalue weighted by Crippen LogP contribution is -2.23. The number of aromatic nitrogens is 3. The molecule has 0 amide bonds. The Balaban J connectivity index is 0.939. The molecule has 3 aliphatic rings. The van der Waals surface area contributed by atoms with Gasteiger partial charge < -0.3 is 9.80 Å². The molecule has 446 valence electrons. The third-order valence-electron chi connectivity index (χ3n) is 18.5. The second kappa shape index (κ2) is 24.2. The van der Waals surface area contributed by atoms with Crippen LogP contribution >= 0.6 is 0 Å². The van der Waals surface area contributed by atoms with Gasteiger partial charge in [-0.2, -0.15) is 0 Å². The number of rotatable bonds is 14. The highest BCUT2D eigenvalue weighted by molar-refractivity contribution is 6.20. The van der Waals surface area contributed by atoms with E-state index in [2.05, 4.69) is 341 Å². The van der Waals surface area contributed by atoms with Crippen molar-refractivity contribution >= 4 is 123 Å². The first kappa shape index (κ1) is 55.8. The summed E-state index contributed by atoms with van der Waals surface area (Å²) in [5, 5.41) is 10.9. The maximum Gasteiger partial charge on any atom is 0.139 e. The van der Waals surface area contributed by atoms with Crippen LogP contribution in [0.25, 0.3) is 70.6 Å². The van der Waals surface area contributed by atoms with Crippen LogP contribution in [0.3, 0.4) is 0 Å². The van der Waals surface area contributed by atoms with Gasteiger partial charge in [0.15, 0.2) is 0 Å². The maximum atomic E-state index is 5.30. The van der Waals surface area contributed by atoms with Crippen molar-refractivity contribution in [3.63, 3.8) is 0 Å². The van der Waals surface area contributed by atoms with Crippen molar-refractivity contribution in [3.05, 3.63) is 351 Å². The average Bonchev–Trinajstić information content (AvgIpc) is 0.730. The summed E-state index contributed by atoms with van der Waals surface area (Å²) in [6, 6.07) is 97.8. The molecule has 0 bridgehead atoms. The Morgan fingerprint density at radius 2 is 0.723 bits per heavy atom. The molecule has 0 N–H and O–H groups in total. The number of hydrogen-bond acceptors (Lipinski definition) is 8. The summed E-state index contributed by atoms with van der Waals surface area (Å²) in [6.07, 6.45) is 25.4. The molecule has 8 heteroatoms. The fraction of sp³-hybridized carbons (Fsp3) is 0.0465. The minimum Gasteiger partial charge on any atom is -0.314 e. The Labute approximate surface area is 546 Å². The SMILES string of the molecule is C1=CC2C=NC(N(c3ccc4c(-c5ccc(N(c6ccccc6)c6ccccc6)cc5)c5cc(N(c6cc7ccccc7cn6)c6cc7ccccc7cn6)ccc5c(C5=CC=C(N(c6ccccc6)c6ccccc6)CC5)c4c3)c3cc4ccccc4cn3)=CC2C=C1. The summed E-state index contributed by atoms with van der Waals surface area (Å²) in [5.74, 6) is 3.45. The molecule has 8 nitrogen and oxygen atoms in total. The van der Waals surface area contributed by atoms with Crippen molar-refractivity contribution < 1.29 is 0 Å². The topological polar surface area (TPSA) is 64.0 Å². The van der Waals surface area contributed by atoms with Crippen molar-refractivity contribution in [2.24, 2.45) is 16.8 Å². The predicted molar refractivity (Wildman–Crippen MR) is 393 cm³/mol. The van der Waals surface area contributed by atoms with E-state index in [-0.39, 0.29) is 11.8 Å². The smallest absolute Gasteiger partial charge is 0.139 e. The Morgan fingerprint density at radius 3 is 1.22 bits per heavy atom. The van der Waals surface area contributed by atoms with Crippen molar-refractivity contribution in [3.8, 4) is 11.1 Å². The van der Waals surface area contributed by atoms with Crippen LogP contribution in [-0.2, 0) is 0 Å². The van der Waals surface area contributed by atoms with Gasteiger partial charge in [-0.3, -0.25) is 9.80 Å². The lowest BCUT2D eigenvalue weighted by atomic mass is 9.83. The molecule has 14 aromatic rings. The van der Waals surface area contributed by atoms with E-state index >= 15 is 0 Å². The molecule has 94 heavy (non-hydrogen) atoms. The molecule has 0 saturated heterocycles. The van der Waals surface area contributed by atoms with E-state index in [1.165, 1.54) is 16.8 Å². The number of allylic oxidation sites excluding steroid dienone is 9. The number of para-hydroxylation sites is 4. The van der Waals surface area contributed by atoms with E-state index in [9.17, 15) is 0 Å². The van der Waals surface area contributed by atoms with Crippen molar-refractivity contribution in [2.75, 3.05) is 19.6 Å². The van der Waals surface area contributed by atoms with Gasteiger partial charge in [0.2, 0.25) is 0 Å². The number of aliphatic imine (C=N–C) groups is 1. The fourth-order valence-electron chi connectivity index (χ4n) is 14.0. The summed E-state index contributed by atoms with van der Waals surface area (Å²) in [7, 11) is 0. The number of hydrogen-bond donors (Lipinski definition) is 0. The number of nitrogens with zero attached hydrogens (tertiary/aromatic N) is 8. The number of fused-ring (bicyclic) bond motifs is 6. The standard InChI is InChI=1S/C86H62N8/c1-5-29-69(30-6-1)91(70-31-7-2-8-32-70)73-41-37-59(38-42-73)85-77-47-45-76(94(83-51-63-23-15-19-27-67(63)57-89-83)84-52-64-24-16-20-28-68(64)58-90-84)54-80(77)86(60-39-43-74(44-40-60)92(71-33-9-3-10-34-71)72-35-11-4-12-36-72)78-48-46-75(53-79(78)85)93(81-49-61-21-13-17-25-65(61)55-87-81)82-50-62-22-14-18-26-66(62)56-88-82/h1-39,41-43,45-58,63,67H,40,44H2. The second-order valence-corrected chi connectivity index (χ2v) is 24.2. The molecule has 2 aliphatic carbocycles. The normalized spacial score (nSPS) is 15.0. The van der Waals surface area contributed by atoms with Crippen LogP contribution in [0.2, 0.25) is 0 Å². The van der Waals surface area contributed by atoms with Crippen LogP contribution in [0.1, 0.15) is 18.4 Å². The minimum absolute atomic E-state index is 0.137.